The molecule has 0 bridgehead atoms. The van der Waals surface area contributed by atoms with Crippen molar-refractivity contribution < 1.29 is 14.4 Å². The fourth-order valence-corrected chi connectivity index (χ4v) is 3.47. The first-order valence-electron chi connectivity index (χ1n) is 8.80. The van der Waals surface area contributed by atoms with Crippen molar-refractivity contribution in [2.75, 3.05) is 18.4 Å². The number of nitrogens with one attached hydrogen (secondary N) is 1. The van der Waals surface area contributed by atoms with Crippen LogP contribution in [0.1, 0.15) is 34.1 Å². The number of anilines is 1. The molecule has 1 heterocycles. The Morgan fingerprint density at radius 3 is 2.50 bits per heavy atom. The van der Waals surface area contributed by atoms with Gasteiger partial charge in [0.15, 0.2) is 0 Å². The lowest BCUT2D eigenvalue weighted by Gasteiger charge is -2.20. The van der Waals surface area contributed by atoms with Crippen LogP contribution in [-0.2, 0) is 4.79 Å². The highest BCUT2D eigenvalue weighted by atomic mass is 32.1. The molecule has 0 unspecified atom stereocenters. The van der Waals surface area contributed by atoms with Crippen molar-refractivity contribution in [1.82, 2.24) is 9.88 Å². The van der Waals surface area contributed by atoms with Crippen LogP contribution in [0.15, 0.2) is 48.0 Å². The summed E-state index contributed by atoms with van der Waals surface area (Å²) in [5.74, 6) is -0.848. The predicted molar refractivity (Wildman–Crippen MR) is 109 cm³/mol. The number of amides is 3. The second kappa shape index (κ2) is 8.62. The lowest BCUT2D eigenvalue weighted by Crippen LogP contribution is -2.33. The number of primary amides is 1. The van der Waals surface area contributed by atoms with Crippen molar-refractivity contribution in [3.63, 3.8) is 0 Å². The zero-order chi connectivity index (χ0) is 20.1. The minimum atomic E-state index is -0.522. The topological polar surface area (TPSA) is 105 Å². The van der Waals surface area contributed by atoms with E-state index in [9.17, 15) is 14.4 Å². The Hall–Kier alpha value is -3.26. The quantitative estimate of drug-likeness (QED) is 0.640. The van der Waals surface area contributed by atoms with Crippen molar-refractivity contribution in [3.05, 3.63) is 59.1 Å². The summed E-state index contributed by atoms with van der Waals surface area (Å²) in [6.45, 7) is 2.69. The highest BCUT2D eigenvalue weighted by Gasteiger charge is 2.16. The maximum atomic E-state index is 12.7. The number of nitrogens with two attached hydrogens (primary N) is 1. The molecule has 0 spiro atoms. The first kappa shape index (κ1) is 19.5. The van der Waals surface area contributed by atoms with Crippen LogP contribution in [0, 0.1) is 0 Å². The van der Waals surface area contributed by atoms with Gasteiger partial charge in [-0.2, -0.15) is 0 Å². The molecule has 0 atom stereocenters. The SMILES string of the molecule is CCN(CCC(=O)Nc1ccc(C(N)=O)cc1)C(=O)c1ccc2ncsc2c1. The molecule has 0 aliphatic carbocycles. The number of benzene rings is 2. The third-order valence-corrected chi connectivity index (χ3v) is 5.10. The molecule has 0 aliphatic heterocycles. The average Bonchev–Trinajstić information content (AvgIpc) is 3.16. The zero-order valence-electron chi connectivity index (χ0n) is 15.3. The lowest BCUT2D eigenvalue weighted by molar-refractivity contribution is -0.116. The van der Waals surface area contributed by atoms with Crippen LogP contribution in [0.5, 0.6) is 0 Å². The van der Waals surface area contributed by atoms with Crippen LogP contribution in [0.3, 0.4) is 0 Å². The molecule has 8 heteroatoms. The summed E-state index contributed by atoms with van der Waals surface area (Å²) >= 11 is 1.49. The second-order valence-electron chi connectivity index (χ2n) is 6.16. The summed E-state index contributed by atoms with van der Waals surface area (Å²) in [6, 6.07) is 11.8. The average molecular weight is 396 g/mol. The Bertz CT molecular complexity index is 1010. The molecule has 3 amide bonds. The number of aromatic nitrogens is 1. The summed E-state index contributed by atoms with van der Waals surface area (Å²) in [4.78, 5) is 41.9. The molecular weight excluding hydrogens is 376 g/mol. The third kappa shape index (κ3) is 4.52. The van der Waals surface area contributed by atoms with Crippen molar-refractivity contribution in [2.45, 2.75) is 13.3 Å². The van der Waals surface area contributed by atoms with Crippen molar-refractivity contribution >= 4 is 45.0 Å². The standard InChI is InChI=1S/C20H20N4O3S/c1-2-24(20(27)14-5-8-16-17(11-14)28-12-22-16)10-9-18(25)23-15-6-3-13(4-7-15)19(21)26/h3-8,11-12H,2,9-10H2,1H3,(H2,21,26)(H,23,25). The monoisotopic (exact) mass is 396 g/mol. The van der Waals surface area contributed by atoms with E-state index in [-0.39, 0.29) is 18.2 Å². The highest BCUT2D eigenvalue weighted by Crippen LogP contribution is 2.20. The van der Waals surface area contributed by atoms with Crippen molar-refractivity contribution in [3.8, 4) is 0 Å². The minimum absolute atomic E-state index is 0.114. The first-order chi connectivity index (χ1) is 13.5. The number of fused-ring (bicyclic) bond motifs is 1. The van der Waals surface area contributed by atoms with E-state index >= 15 is 0 Å². The van der Waals surface area contributed by atoms with E-state index < -0.39 is 5.91 Å². The van der Waals surface area contributed by atoms with E-state index in [0.29, 0.717) is 29.9 Å². The largest absolute Gasteiger partial charge is 0.366 e. The zero-order valence-corrected chi connectivity index (χ0v) is 16.2. The Morgan fingerprint density at radius 2 is 1.82 bits per heavy atom. The summed E-state index contributed by atoms with van der Waals surface area (Å²) < 4.78 is 0.957. The number of nitrogens with zero attached hydrogens (tertiary/aromatic N) is 2. The second-order valence-corrected chi connectivity index (χ2v) is 7.05. The Labute approximate surface area is 166 Å². The molecule has 0 saturated heterocycles. The van der Waals surface area contributed by atoms with E-state index in [2.05, 4.69) is 10.3 Å². The Kier molecular flexibility index (Phi) is 6.00. The maximum absolute atomic E-state index is 12.7. The maximum Gasteiger partial charge on any atom is 0.253 e. The molecule has 0 fully saturated rings. The fraction of sp³-hybridized carbons (Fsp3) is 0.200. The summed E-state index contributed by atoms with van der Waals surface area (Å²) in [5, 5.41) is 2.75. The van der Waals surface area contributed by atoms with Gasteiger partial charge in [0, 0.05) is 36.3 Å². The molecule has 3 N–H and O–H groups in total. The first-order valence-corrected chi connectivity index (χ1v) is 9.68. The minimum Gasteiger partial charge on any atom is -0.366 e. The van der Waals surface area contributed by atoms with Gasteiger partial charge in [0.2, 0.25) is 11.8 Å². The van der Waals surface area contributed by atoms with Gasteiger partial charge in [0.1, 0.15) is 0 Å². The molecule has 2 aromatic carbocycles. The molecular formula is C20H20N4O3S. The van der Waals surface area contributed by atoms with E-state index in [1.807, 2.05) is 19.1 Å². The summed E-state index contributed by atoms with van der Waals surface area (Å²) in [7, 11) is 0. The number of hydrogen-bond donors (Lipinski definition) is 2. The van der Waals surface area contributed by atoms with Gasteiger partial charge in [-0.05, 0) is 49.4 Å². The molecule has 28 heavy (non-hydrogen) atoms. The molecule has 3 aromatic rings. The fourth-order valence-electron chi connectivity index (χ4n) is 2.75. The van der Waals surface area contributed by atoms with Gasteiger partial charge >= 0.3 is 0 Å². The van der Waals surface area contributed by atoms with Gasteiger partial charge < -0.3 is 16.0 Å². The van der Waals surface area contributed by atoms with E-state index in [4.69, 9.17) is 5.73 Å². The van der Waals surface area contributed by atoms with E-state index in [0.717, 1.165) is 10.2 Å². The van der Waals surface area contributed by atoms with E-state index in [1.165, 1.54) is 11.3 Å². The van der Waals surface area contributed by atoms with Crippen LogP contribution in [0.4, 0.5) is 5.69 Å². The summed E-state index contributed by atoms with van der Waals surface area (Å²) in [6.07, 6.45) is 0.167. The smallest absolute Gasteiger partial charge is 0.253 e. The number of carbonyl (C=O) groups excluding carboxylic acids is 3. The molecule has 0 aliphatic rings. The molecule has 7 nitrogen and oxygen atoms in total. The molecule has 3 rings (SSSR count). The van der Waals surface area contributed by atoms with Crippen LogP contribution < -0.4 is 11.1 Å². The number of rotatable bonds is 7. The Morgan fingerprint density at radius 1 is 1.11 bits per heavy atom. The molecule has 1 aromatic heterocycles. The van der Waals surface area contributed by atoms with Gasteiger partial charge in [-0.25, -0.2) is 4.98 Å². The van der Waals surface area contributed by atoms with Crippen LogP contribution in [0.2, 0.25) is 0 Å². The predicted octanol–water partition coefficient (Wildman–Crippen LogP) is 2.89. The number of carbonyl (C=O) groups is 3. The van der Waals surface area contributed by atoms with Gasteiger partial charge in [-0.15, -0.1) is 11.3 Å². The molecule has 144 valence electrons. The summed E-state index contributed by atoms with van der Waals surface area (Å²) in [5.41, 5.74) is 9.34. The molecule has 0 radical (unpaired) electrons. The van der Waals surface area contributed by atoms with Gasteiger partial charge in [0.05, 0.1) is 15.7 Å². The van der Waals surface area contributed by atoms with E-state index in [1.54, 1.807) is 40.7 Å². The third-order valence-electron chi connectivity index (χ3n) is 4.31. The Balaban J connectivity index is 1.58. The van der Waals surface area contributed by atoms with Gasteiger partial charge in [0.25, 0.3) is 5.91 Å². The molecule has 0 saturated carbocycles. The van der Waals surface area contributed by atoms with Gasteiger partial charge in [-0.3, -0.25) is 14.4 Å². The van der Waals surface area contributed by atoms with Crippen molar-refractivity contribution in [1.29, 1.82) is 0 Å². The van der Waals surface area contributed by atoms with Crippen LogP contribution in [0.25, 0.3) is 10.2 Å². The normalized spacial score (nSPS) is 10.6. The number of thiazole rings is 1. The highest BCUT2D eigenvalue weighted by molar-refractivity contribution is 7.16. The van der Waals surface area contributed by atoms with Crippen LogP contribution in [-0.4, -0.2) is 40.7 Å². The van der Waals surface area contributed by atoms with Crippen LogP contribution >= 0.6 is 11.3 Å². The van der Waals surface area contributed by atoms with Gasteiger partial charge in [-0.1, -0.05) is 0 Å². The van der Waals surface area contributed by atoms with Crippen molar-refractivity contribution in [2.24, 2.45) is 5.73 Å². The number of hydrogen-bond acceptors (Lipinski definition) is 5. The lowest BCUT2D eigenvalue weighted by atomic mass is 10.1.